The van der Waals surface area contributed by atoms with Crippen LogP contribution in [0.25, 0.3) is 0 Å². The zero-order valence-corrected chi connectivity index (χ0v) is 9.70. The first-order valence-corrected chi connectivity index (χ1v) is 5.83. The van der Waals surface area contributed by atoms with Crippen molar-refractivity contribution in [2.24, 2.45) is 11.7 Å². The molecule has 78 valence electrons. The van der Waals surface area contributed by atoms with E-state index < -0.39 is 0 Å². The van der Waals surface area contributed by atoms with Gasteiger partial charge in [-0.25, -0.2) is 0 Å². The summed E-state index contributed by atoms with van der Waals surface area (Å²) in [5.41, 5.74) is 5.22. The molecule has 0 aromatic carbocycles. The maximum absolute atomic E-state index is 11.5. The van der Waals surface area contributed by atoms with Gasteiger partial charge in [0.2, 0.25) is 5.91 Å². The molecule has 0 bridgehead atoms. The quantitative estimate of drug-likeness (QED) is 0.698. The van der Waals surface area contributed by atoms with Crippen molar-refractivity contribution in [1.29, 1.82) is 0 Å². The molecule has 3 nitrogen and oxygen atoms in total. The molecule has 0 saturated heterocycles. The lowest BCUT2D eigenvalue weighted by molar-refractivity contribution is -0.125. The third-order valence-electron chi connectivity index (χ3n) is 1.84. The van der Waals surface area contributed by atoms with E-state index in [-0.39, 0.29) is 17.4 Å². The van der Waals surface area contributed by atoms with Crippen molar-refractivity contribution < 1.29 is 4.79 Å². The second-order valence-electron chi connectivity index (χ2n) is 3.93. The number of carbonyl (C=O) groups is 1. The van der Waals surface area contributed by atoms with Gasteiger partial charge >= 0.3 is 0 Å². The normalized spacial score (nSPS) is 13.9. The van der Waals surface area contributed by atoms with Crippen LogP contribution in [0, 0.1) is 5.92 Å². The van der Waals surface area contributed by atoms with Crippen LogP contribution in [0.4, 0.5) is 0 Å². The number of nitrogens with one attached hydrogen (secondary N) is 1. The molecule has 0 heterocycles. The first-order chi connectivity index (χ1) is 5.93. The highest BCUT2D eigenvalue weighted by Crippen LogP contribution is 2.07. The molecule has 0 spiro atoms. The first-order valence-electron chi connectivity index (χ1n) is 4.44. The molecule has 0 fully saturated rings. The topological polar surface area (TPSA) is 55.1 Å². The van der Waals surface area contributed by atoms with E-state index in [0.29, 0.717) is 6.54 Å². The molecule has 1 amide bonds. The Morgan fingerprint density at radius 1 is 1.62 bits per heavy atom. The highest BCUT2D eigenvalue weighted by Gasteiger charge is 2.21. The van der Waals surface area contributed by atoms with Crippen LogP contribution >= 0.6 is 11.8 Å². The summed E-state index contributed by atoms with van der Waals surface area (Å²) < 4.78 is 0. The van der Waals surface area contributed by atoms with Crippen LogP contribution in [-0.4, -0.2) is 30.0 Å². The molecule has 1 unspecified atom stereocenters. The van der Waals surface area contributed by atoms with Crippen molar-refractivity contribution in [1.82, 2.24) is 5.32 Å². The molecule has 0 saturated carbocycles. The average molecular weight is 204 g/mol. The number of amides is 1. The number of hydrogen-bond donors (Lipinski definition) is 2. The summed E-state index contributed by atoms with van der Waals surface area (Å²) in [4.78, 5) is 11.5. The fourth-order valence-electron chi connectivity index (χ4n) is 0.833. The van der Waals surface area contributed by atoms with Crippen LogP contribution in [-0.2, 0) is 4.79 Å². The maximum Gasteiger partial charge on any atom is 0.224 e. The van der Waals surface area contributed by atoms with E-state index in [4.69, 9.17) is 5.73 Å². The largest absolute Gasteiger partial charge is 0.350 e. The average Bonchev–Trinajstić information content (AvgIpc) is 2.04. The SMILES string of the molecule is CSCC(C)C(=O)NC(C)(C)CN. The predicted octanol–water partition coefficient (Wildman–Crippen LogP) is 0.839. The molecule has 0 rings (SSSR count). The van der Waals surface area contributed by atoms with E-state index in [9.17, 15) is 4.79 Å². The monoisotopic (exact) mass is 204 g/mol. The van der Waals surface area contributed by atoms with E-state index in [0.717, 1.165) is 5.75 Å². The van der Waals surface area contributed by atoms with Gasteiger partial charge in [0.25, 0.3) is 0 Å². The molecule has 0 radical (unpaired) electrons. The lowest BCUT2D eigenvalue weighted by Crippen LogP contribution is -2.50. The molecule has 0 aliphatic rings. The highest BCUT2D eigenvalue weighted by molar-refractivity contribution is 7.98. The van der Waals surface area contributed by atoms with Gasteiger partial charge in [0.05, 0.1) is 0 Å². The highest BCUT2D eigenvalue weighted by atomic mass is 32.2. The van der Waals surface area contributed by atoms with Gasteiger partial charge in [-0.15, -0.1) is 0 Å². The third-order valence-corrected chi connectivity index (χ3v) is 2.67. The van der Waals surface area contributed by atoms with Crippen LogP contribution in [0.3, 0.4) is 0 Å². The van der Waals surface area contributed by atoms with E-state index in [2.05, 4.69) is 5.32 Å². The van der Waals surface area contributed by atoms with Gasteiger partial charge in [-0.2, -0.15) is 11.8 Å². The molecule has 1 atom stereocenters. The molecule has 0 aliphatic carbocycles. The van der Waals surface area contributed by atoms with Gasteiger partial charge < -0.3 is 11.1 Å². The zero-order chi connectivity index (χ0) is 10.5. The Kier molecular flexibility index (Phi) is 5.40. The van der Waals surface area contributed by atoms with Crippen molar-refractivity contribution in [3.05, 3.63) is 0 Å². The number of hydrogen-bond acceptors (Lipinski definition) is 3. The van der Waals surface area contributed by atoms with Gasteiger partial charge in [-0.1, -0.05) is 6.92 Å². The van der Waals surface area contributed by atoms with Crippen molar-refractivity contribution in [3.8, 4) is 0 Å². The van der Waals surface area contributed by atoms with E-state index in [1.807, 2.05) is 27.0 Å². The Morgan fingerprint density at radius 3 is 2.54 bits per heavy atom. The number of thioether (sulfide) groups is 1. The summed E-state index contributed by atoms with van der Waals surface area (Å²) in [5, 5.41) is 2.91. The lowest BCUT2D eigenvalue weighted by Gasteiger charge is -2.26. The minimum atomic E-state index is -0.288. The molecule has 0 aliphatic heterocycles. The van der Waals surface area contributed by atoms with Crippen LogP contribution < -0.4 is 11.1 Å². The fraction of sp³-hybridized carbons (Fsp3) is 0.889. The summed E-state index contributed by atoms with van der Waals surface area (Å²) in [5.74, 6) is 0.998. The molecule has 0 aromatic rings. The summed E-state index contributed by atoms with van der Waals surface area (Å²) in [6, 6.07) is 0. The standard InChI is InChI=1S/C9H20N2OS/c1-7(5-13-4)8(12)11-9(2,3)6-10/h7H,5-6,10H2,1-4H3,(H,11,12). The molecule has 0 aromatic heterocycles. The zero-order valence-electron chi connectivity index (χ0n) is 8.89. The molecular weight excluding hydrogens is 184 g/mol. The fourth-order valence-corrected chi connectivity index (χ4v) is 1.48. The van der Waals surface area contributed by atoms with Crippen LogP contribution in [0.5, 0.6) is 0 Å². The number of nitrogens with two attached hydrogens (primary N) is 1. The van der Waals surface area contributed by atoms with Crippen molar-refractivity contribution >= 4 is 17.7 Å². The van der Waals surface area contributed by atoms with Gasteiger partial charge in [0.1, 0.15) is 0 Å². The minimum Gasteiger partial charge on any atom is -0.350 e. The Bertz CT molecular complexity index is 171. The second-order valence-corrected chi connectivity index (χ2v) is 4.84. The summed E-state index contributed by atoms with van der Waals surface area (Å²) in [6.45, 7) is 6.25. The number of carbonyl (C=O) groups excluding carboxylic acids is 1. The summed E-state index contributed by atoms with van der Waals surface area (Å²) in [7, 11) is 0. The van der Waals surface area contributed by atoms with Gasteiger partial charge in [0, 0.05) is 23.8 Å². The van der Waals surface area contributed by atoms with E-state index >= 15 is 0 Å². The minimum absolute atomic E-state index is 0.0563. The Morgan fingerprint density at radius 2 is 2.15 bits per heavy atom. The van der Waals surface area contributed by atoms with Gasteiger partial charge in [-0.3, -0.25) is 4.79 Å². The van der Waals surface area contributed by atoms with E-state index in [1.54, 1.807) is 11.8 Å². The number of rotatable bonds is 5. The summed E-state index contributed by atoms with van der Waals surface area (Å²) >= 11 is 1.68. The molecular formula is C9H20N2OS. The first kappa shape index (κ1) is 12.8. The molecule has 3 N–H and O–H groups in total. The predicted molar refractivity (Wildman–Crippen MR) is 58.8 cm³/mol. The van der Waals surface area contributed by atoms with Crippen LogP contribution in [0.1, 0.15) is 20.8 Å². The Hall–Kier alpha value is -0.220. The smallest absolute Gasteiger partial charge is 0.224 e. The third kappa shape index (κ3) is 5.16. The van der Waals surface area contributed by atoms with Crippen LogP contribution in [0.2, 0.25) is 0 Å². The molecule has 13 heavy (non-hydrogen) atoms. The Balaban J connectivity index is 3.99. The second kappa shape index (κ2) is 5.50. The molecule has 4 heteroatoms. The maximum atomic E-state index is 11.5. The Labute approximate surface area is 84.8 Å². The van der Waals surface area contributed by atoms with E-state index in [1.165, 1.54) is 0 Å². The summed E-state index contributed by atoms with van der Waals surface area (Å²) in [6.07, 6.45) is 2.00. The van der Waals surface area contributed by atoms with Crippen molar-refractivity contribution in [3.63, 3.8) is 0 Å². The van der Waals surface area contributed by atoms with Crippen LogP contribution in [0.15, 0.2) is 0 Å². The van der Waals surface area contributed by atoms with Crippen molar-refractivity contribution in [2.45, 2.75) is 26.3 Å². The lowest BCUT2D eigenvalue weighted by atomic mass is 10.0. The van der Waals surface area contributed by atoms with Gasteiger partial charge in [0.15, 0.2) is 0 Å². The van der Waals surface area contributed by atoms with Gasteiger partial charge in [-0.05, 0) is 20.1 Å². The van der Waals surface area contributed by atoms with Crippen molar-refractivity contribution in [2.75, 3.05) is 18.6 Å².